The lowest BCUT2D eigenvalue weighted by Gasteiger charge is -2.19. The van der Waals surface area contributed by atoms with Crippen molar-refractivity contribution in [2.75, 3.05) is 7.11 Å². The molecule has 0 radical (unpaired) electrons. The van der Waals surface area contributed by atoms with Gasteiger partial charge in [-0.3, -0.25) is 4.79 Å². The molecule has 3 atom stereocenters. The number of ether oxygens (including phenoxy) is 1. The number of carbonyl (C=O) groups is 2. The Kier molecular flexibility index (Phi) is 4.55. The molecule has 0 aromatic heterocycles. The summed E-state index contributed by atoms with van der Waals surface area (Å²) in [7, 11) is 1.36. The van der Waals surface area contributed by atoms with E-state index in [9.17, 15) is 9.59 Å². The van der Waals surface area contributed by atoms with Crippen LogP contribution in [-0.2, 0) is 14.3 Å². The molecule has 0 aromatic carbocycles. The summed E-state index contributed by atoms with van der Waals surface area (Å²) in [4.78, 5) is 21.4. The average Bonchev–Trinajstić information content (AvgIpc) is 2.12. The number of esters is 1. The van der Waals surface area contributed by atoms with Gasteiger partial charge in [0.1, 0.15) is 6.29 Å². The second-order valence-corrected chi connectivity index (χ2v) is 3.17. The molecule has 0 saturated carbocycles. The molecule has 0 N–H and O–H groups in total. The molecule has 0 aliphatic rings. The third-order valence-electron chi connectivity index (χ3n) is 2.41. The first-order valence-corrected chi connectivity index (χ1v) is 4.07. The Balaban J connectivity index is 4.17. The topological polar surface area (TPSA) is 43.4 Å². The Morgan fingerprint density at radius 2 is 1.83 bits per heavy atom. The highest BCUT2D eigenvalue weighted by atomic mass is 16.5. The minimum atomic E-state index is -0.254. The summed E-state index contributed by atoms with van der Waals surface area (Å²) < 4.78 is 4.57. The maximum atomic E-state index is 11.0. The molecule has 0 saturated heterocycles. The van der Waals surface area contributed by atoms with E-state index < -0.39 is 0 Å². The zero-order valence-corrected chi connectivity index (χ0v) is 8.03. The molecule has 0 aliphatic heterocycles. The lowest BCUT2D eigenvalue weighted by Crippen LogP contribution is -2.25. The predicted octanol–water partition coefficient (Wildman–Crippen LogP) is 1.27. The van der Waals surface area contributed by atoms with Crippen LogP contribution in [0.2, 0.25) is 0 Å². The van der Waals surface area contributed by atoms with Gasteiger partial charge in [0.05, 0.1) is 13.0 Å². The zero-order valence-electron chi connectivity index (χ0n) is 8.03. The normalized spacial score (nSPS) is 17.7. The Labute approximate surface area is 73.1 Å². The summed E-state index contributed by atoms with van der Waals surface area (Å²) in [5, 5.41) is 0. The number of methoxy groups -OCH3 is 1. The van der Waals surface area contributed by atoms with Crippen LogP contribution in [0.25, 0.3) is 0 Å². The van der Waals surface area contributed by atoms with Gasteiger partial charge in [-0.1, -0.05) is 20.8 Å². The maximum absolute atomic E-state index is 11.0. The van der Waals surface area contributed by atoms with Gasteiger partial charge in [-0.15, -0.1) is 0 Å². The Hall–Kier alpha value is -0.860. The first-order chi connectivity index (χ1) is 5.54. The predicted molar refractivity (Wildman–Crippen MR) is 45.6 cm³/mol. The van der Waals surface area contributed by atoms with Crippen LogP contribution in [0.5, 0.6) is 0 Å². The highest BCUT2D eigenvalue weighted by Gasteiger charge is 2.24. The van der Waals surface area contributed by atoms with E-state index in [2.05, 4.69) is 4.74 Å². The summed E-state index contributed by atoms with van der Waals surface area (Å²) in [6, 6.07) is 0. The first-order valence-electron chi connectivity index (χ1n) is 4.07. The molecule has 0 rings (SSSR count). The van der Waals surface area contributed by atoms with Crippen molar-refractivity contribution in [3.05, 3.63) is 0 Å². The van der Waals surface area contributed by atoms with E-state index in [-0.39, 0.29) is 23.7 Å². The van der Waals surface area contributed by atoms with E-state index in [1.165, 1.54) is 7.11 Å². The Morgan fingerprint density at radius 1 is 1.33 bits per heavy atom. The van der Waals surface area contributed by atoms with Crippen LogP contribution in [0.15, 0.2) is 0 Å². The number of hydrogen-bond donors (Lipinski definition) is 0. The van der Waals surface area contributed by atoms with Crippen LogP contribution in [0, 0.1) is 17.8 Å². The molecule has 0 bridgehead atoms. The molecule has 0 amide bonds. The molecule has 3 nitrogen and oxygen atoms in total. The number of carbonyl (C=O) groups excluding carboxylic acids is 2. The van der Waals surface area contributed by atoms with Crippen LogP contribution in [0.3, 0.4) is 0 Å². The van der Waals surface area contributed by atoms with E-state index >= 15 is 0 Å². The van der Waals surface area contributed by atoms with Crippen molar-refractivity contribution in [2.45, 2.75) is 20.8 Å². The summed E-state index contributed by atoms with van der Waals surface area (Å²) in [6.45, 7) is 5.45. The first kappa shape index (κ1) is 11.1. The molecule has 70 valence electrons. The molecule has 0 aromatic rings. The third-order valence-corrected chi connectivity index (χ3v) is 2.41. The highest BCUT2D eigenvalue weighted by molar-refractivity contribution is 5.72. The molecule has 0 spiro atoms. The molecule has 3 unspecified atom stereocenters. The van der Waals surface area contributed by atoms with Crippen LogP contribution in [0.1, 0.15) is 20.8 Å². The fourth-order valence-corrected chi connectivity index (χ4v) is 0.980. The van der Waals surface area contributed by atoms with E-state index in [1.807, 2.05) is 6.92 Å². The summed E-state index contributed by atoms with van der Waals surface area (Å²) in [6.07, 6.45) is 0.865. The van der Waals surface area contributed by atoms with E-state index in [0.29, 0.717) is 0 Å². The Bertz CT molecular complexity index is 165. The van der Waals surface area contributed by atoms with Gasteiger partial charge in [-0.25, -0.2) is 0 Å². The highest BCUT2D eigenvalue weighted by Crippen LogP contribution is 2.19. The lowest BCUT2D eigenvalue weighted by molar-refractivity contribution is -0.147. The Morgan fingerprint density at radius 3 is 2.17 bits per heavy atom. The molecule has 0 aliphatic carbocycles. The average molecular weight is 172 g/mol. The SMILES string of the molecule is COC(=O)C(C)C(C)C(C)C=O. The smallest absolute Gasteiger partial charge is 0.308 e. The second kappa shape index (κ2) is 4.91. The monoisotopic (exact) mass is 172 g/mol. The fraction of sp³-hybridized carbons (Fsp3) is 0.778. The van der Waals surface area contributed by atoms with Crippen molar-refractivity contribution in [3.8, 4) is 0 Å². The summed E-state index contributed by atoms with van der Waals surface area (Å²) in [5.74, 6) is -0.527. The van der Waals surface area contributed by atoms with Crippen molar-refractivity contribution < 1.29 is 14.3 Å². The number of rotatable bonds is 4. The second-order valence-electron chi connectivity index (χ2n) is 3.17. The number of hydrogen-bond acceptors (Lipinski definition) is 3. The van der Waals surface area contributed by atoms with Crippen molar-refractivity contribution in [3.63, 3.8) is 0 Å². The maximum Gasteiger partial charge on any atom is 0.308 e. The summed E-state index contributed by atoms with van der Waals surface area (Å²) in [5.41, 5.74) is 0. The molecule has 0 fully saturated rings. The van der Waals surface area contributed by atoms with Gasteiger partial charge in [-0.2, -0.15) is 0 Å². The van der Waals surface area contributed by atoms with Gasteiger partial charge in [0.15, 0.2) is 0 Å². The van der Waals surface area contributed by atoms with Crippen LogP contribution in [-0.4, -0.2) is 19.4 Å². The zero-order chi connectivity index (χ0) is 9.72. The minimum Gasteiger partial charge on any atom is -0.469 e. The summed E-state index contributed by atoms with van der Waals surface area (Å²) >= 11 is 0. The third kappa shape index (κ3) is 2.64. The van der Waals surface area contributed by atoms with E-state index in [1.54, 1.807) is 13.8 Å². The largest absolute Gasteiger partial charge is 0.469 e. The quantitative estimate of drug-likeness (QED) is 0.473. The van der Waals surface area contributed by atoms with Gasteiger partial charge in [0, 0.05) is 5.92 Å². The van der Waals surface area contributed by atoms with Crippen molar-refractivity contribution in [1.82, 2.24) is 0 Å². The molecule has 0 heterocycles. The van der Waals surface area contributed by atoms with Crippen LogP contribution >= 0.6 is 0 Å². The molecule has 12 heavy (non-hydrogen) atoms. The van der Waals surface area contributed by atoms with Crippen LogP contribution < -0.4 is 0 Å². The minimum absolute atomic E-state index is 0.0370. The van der Waals surface area contributed by atoms with Gasteiger partial charge in [0.2, 0.25) is 0 Å². The van der Waals surface area contributed by atoms with Crippen molar-refractivity contribution in [2.24, 2.45) is 17.8 Å². The van der Waals surface area contributed by atoms with Gasteiger partial charge in [0.25, 0.3) is 0 Å². The van der Waals surface area contributed by atoms with Crippen molar-refractivity contribution >= 4 is 12.3 Å². The fourth-order valence-electron chi connectivity index (χ4n) is 0.980. The number of aldehydes is 1. The van der Waals surface area contributed by atoms with E-state index in [4.69, 9.17) is 0 Å². The van der Waals surface area contributed by atoms with Crippen LogP contribution in [0.4, 0.5) is 0 Å². The van der Waals surface area contributed by atoms with Gasteiger partial charge >= 0.3 is 5.97 Å². The lowest BCUT2D eigenvalue weighted by atomic mass is 9.86. The molecular formula is C9H16O3. The van der Waals surface area contributed by atoms with Crippen molar-refractivity contribution in [1.29, 1.82) is 0 Å². The van der Waals surface area contributed by atoms with Gasteiger partial charge < -0.3 is 9.53 Å². The van der Waals surface area contributed by atoms with Gasteiger partial charge in [-0.05, 0) is 5.92 Å². The molecule has 3 heteroatoms. The van der Waals surface area contributed by atoms with E-state index in [0.717, 1.165) is 6.29 Å². The standard InChI is InChI=1S/C9H16O3/c1-6(5-10)7(2)8(3)9(11)12-4/h5-8H,1-4H3. The molecular weight excluding hydrogens is 156 g/mol.